The van der Waals surface area contributed by atoms with Crippen molar-refractivity contribution in [3.8, 4) is 28.0 Å². The number of hydrogen-bond donors (Lipinski definition) is 1. The van der Waals surface area contributed by atoms with E-state index in [0.717, 1.165) is 38.8 Å². The number of rotatable bonds is 1. The van der Waals surface area contributed by atoms with E-state index in [0.29, 0.717) is 12.4 Å². The lowest BCUT2D eigenvalue weighted by Crippen LogP contribution is -2.21. The summed E-state index contributed by atoms with van der Waals surface area (Å²) in [5, 5.41) is 2.25. The monoisotopic (exact) mass is 378 g/mol. The molecule has 29 heavy (non-hydrogen) atoms. The summed E-state index contributed by atoms with van der Waals surface area (Å²) in [6, 6.07) is 29.4. The summed E-state index contributed by atoms with van der Waals surface area (Å²) >= 11 is 0. The van der Waals surface area contributed by atoms with Gasteiger partial charge < -0.3 is 10.5 Å². The first-order chi connectivity index (χ1) is 14.2. The number of aliphatic imine (C=N–C) groups is 1. The molecule has 0 bridgehead atoms. The van der Waals surface area contributed by atoms with Crippen LogP contribution in [-0.2, 0) is 0 Å². The number of fused-ring (bicyclic) bond motifs is 2. The zero-order chi connectivity index (χ0) is 19.8. The maximum absolute atomic E-state index is 6.42. The first kappa shape index (κ1) is 17.5. The minimum Gasteiger partial charge on any atom is -0.491 e. The maximum atomic E-state index is 6.42. The molecule has 1 aliphatic rings. The highest BCUT2D eigenvalue weighted by Gasteiger charge is 2.18. The first-order valence-electron chi connectivity index (χ1n) is 9.89. The summed E-state index contributed by atoms with van der Waals surface area (Å²) in [4.78, 5) is 4.67. The Hall–Kier alpha value is -3.59. The van der Waals surface area contributed by atoms with Crippen LogP contribution in [0.25, 0.3) is 33.0 Å². The molecule has 0 aromatic heterocycles. The van der Waals surface area contributed by atoms with Crippen LogP contribution in [0, 0.1) is 0 Å². The number of ether oxygens (including phenoxy) is 1. The minimum absolute atomic E-state index is 0.0304. The van der Waals surface area contributed by atoms with E-state index in [-0.39, 0.29) is 6.04 Å². The van der Waals surface area contributed by atoms with Crippen LogP contribution < -0.4 is 10.5 Å². The van der Waals surface area contributed by atoms with Crippen molar-refractivity contribution in [2.75, 3.05) is 6.61 Å². The molecule has 0 amide bonds. The lowest BCUT2D eigenvalue weighted by Gasteiger charge is -2.20. The molecule has 0 saturated heterocycles. The van der Waals surface area contributed by atoms with Crippen molar-refractivity contribution in [1.29, 1.82) is 0 Å². The van der Waals surface area contributed by atoms with Gasteiger partial charge in [0.25, 0.3) is 0 Å². The van der Waals surface area contributed by atoms with E-state index in [1.54, 1.807) is 0 Å². The molecule has 0 spiro atoms. The van der Waals surface area contributed by atoms with Gasteiger partial charge in [-0.2, -0.15) is 0 Å². The van der Waals surface area contributed by atoms with Gasteiger partial charge in [0, 0.05) is 16.5 Å². The summed E-state index contributed by atoms with van der Waals surface area (Å²) < 4.78 is 6.20. The van der Waals surface area contributed by atoms with Crippen LogP contribution in [0.4, 0.5) is 0 Å². The smallest absolute Gasteiger partial charge is 0.127 e. The highest BCUT2D eigenvalue weighted by molar-refractivity contribution is 6.14. The predicted molar refractivity (Wildman–Crippen MR) is 121 cm³/mol. The van der Waals surface area contributed by atoms with E-state index in [9.17, 15) is 0 Å². The van der Waals surface area contributed by atoms with Crippen molar-refractivity contribution < 1.29 is 4.74 Å². The third-order valence-electron chi connectivity index (χ3n) is 5.40. The van der Waals surface area contributed by atoms with Gasteiger partial charge in [-0.15, -0.1) is 0 Å². The summed E-state index contributed by atoms with van der Waals surface area (Å²) in [6.07, 6.45) is 0. The quantitative estimate of drug-likeness (QED) is 0.464. The summed E-state index contributed by atoms with van der Waals surface area (Å²) in [6.45, 7) is 2.51. The normalized spacial score (nSPS) is 15.9. The van der Waals surface area contributed by atoms with Gasteiger partial charge in [0.2, 0.25) is 0 Å². The lowest BCUT2D eigenvalue weighted by atomic mass is 9.91. The molecule has 4 aromatic rings. The number of amidine groups is 1. The van der Waals surface area contributed by atoms with Crippen LogP contribution in [0.2, 0.25) is 0 Å². The van der Waals surface area contributed by atoms with E-state index >= 15 is 0 Å². The molecule has 1 heterocycles. The predicted octanol–water partition coefficient (Wildman–Crippen LogP) is 5.66. The van der Waals surface area contributed by atoms with Crippen LogP contribution in [0.1, 0.15) is 12.5 Å². The van der Waals surface area contributed by atoms with Gasteiger partial charge in [-0.05, 0) is 41.1 Å². The molecule has 0 unspecified atom stereocenters. The van der Waals surface area contributed by atoms with Crippen LogP contribution in [0.5, 0.6) is 5.75 Å². The average molecular weight is 378 g/mol. The fraction of sp³-hybridized carbons (Fsp3) is 0.115. The van der Waals surface area contributed by atoms with Crippen LogP contribution in [0.3, 0.4) is 0 Å². The van der Waals surface area contributed by atoms with E-state index < -0.39 is 0 Å². The molecule has 4 aromatic carbocycles. The van der Waals surface area contributed by atoms with Crippen molar-refractivity contribution in [2.24, 2.45) is 10.7 Å². The van der Waals surface area contributed by atoms with Gasteiger partial charge in [-0.25, -0.2) is 0 Å². The standard InChI is InChI=1S/C26H22N2O/c1-17-16-29-24-14-13-20(18-7-3-2-4-8-18)15-23(24)21-11-5-9-19-10-6-12-22(25(19)21)26(27)28-17/h2-15,17H,16H2,1H3,(H2,27,28)/t17-/m0/s1. The van der Waals surface area contributed by atoms with E-state index in [1.807, 2.05) is 19.1 Å². The van der Waals surface area contributed by atoms with Gasteiger partial charge in [0.15, 0.2) is 0 Å². The molecular formula is C26H22N2O. The van der Waals surface area contributed by atoms with Crippen LogP contribution in [-0.4, -0.2) is 18.5 Å². The van der Waals surface area contributed by atoms with E-state index in [2.05, 4.69) is 77.8 Å². The average Bonchev–Trinajstić information content (AvgIpc) is 2.77. The Morgan fingerprint density at radius 3 is 2.34 bits per heavy atom. The fourth-order valence-electron chi connectivity index (χ4n) is 4.01. The molecular weight excluding hydrogens is 356 g/mol. The van der Waals surface area contributed by atoms with Crippen molar-refractivity contribution in [3.63, 3.8) is 0 Å². The number of nitrogens with zero attached hydrogens (tertiary/aromatic N) is 1. The van der Waals surface area contributed by atoms with Gasteiger partial charge in [-0.1, -0.05) is 72.8 Å². The second-order valence-corrected chi connectivity index (χ2v) is 7.46. The first-order valence-corrected chi connectivity index (χ1v) is 9.89. The summed E-state index contributed by atoms with van der Waals surface area (Å²) in [5.74, 6) is 1.43. The fourth-order valence-corrected chi connectivity index (χ4v) is 4.01. The van der Waals surface area contributed by atoms with Crippen molar-refractivity contribution in [3.05, 3.63) is 90.5 Å². The summed E-state index contributed by atoms with van der Waals surface area (Å²) in [7, 11) is 0. The van der Waals surface area contributed by atoms with E-state index in [4.69, 9.17) is 10.5 Å². The highest BCUT2D eigenvalue weighted by Crippen LogP contribution is 2.39. The topological polar surface area (TPSA) is 47.6 Å². The largest absolute Gasteiger partial charge is 0.491 e. The highest BCUT2D eigenvalue weighted by atomic mass is 16.5. The molecule has 0 saturated carbocycles. The molecule has 0 aliphatic carbocycles. The van der Waals surface area contributed by atoms with Crippen LogP contribution in [0.15, 0.2) is 89.9 Å². The summed E-state index contributed by atoms with van der Waals surface area (Å²) in [5.41, 5.74) is 11.9. The van der Waals surface area contributed by atoms with Gasteiger partial charge >= 0.3 is 0 Å². The van der Waals surface area contributed by atoms with Gasteiger partial charge in [-0.3, -0.25) is 4.99 Å². The zero-order valence-electron chi connectivity index (χ0n) is 16.3. The molecule has 0 radical (unpaired) electrons. The second kappa shape index (κ2) is 7.10. The Bertz CT molecular complexity index is 1220. The van der Waals surface area contributed by atoms with Crippen molar-refractivity contribution in [1.82, 2.24) is 0 Å². The minimum atomic E-state index is -0.0304. The molecule has 3 heteroatoms. The van der Waals surface area contributed by atoms with Gasteiger partial charge in [0.05, 0.1) is 6.04 Å². The molecule has 1 atom stereocenters. The third kappa shape index (κ3) is 3.15. The Kier molecular flexibility index (Phi) is 4.28. The van der Waals surface area contributed by atoms with Crippen LogP contribution >= 0.6 is 0 Å². The third-order valence-corrected chi connectivity index (χ3v) is 5.40. The molecule has 0 fully saturated rings. The molecule has 5 rings (SSSR count). The lowest BCUT2D eigenvalue weighted by molar-refractivity contribution is 0.298. The second-order valence-electron chi connectivity index (χ2n) is 7.46. The zero-order valence-corrected chi connectivity index (χ0v) is 16.3. The number of hydrogen-bond acceptors (Lipinski definition) is 3. The van der Waals surface area contributed by atoms with E-state index in [1.165, 1.54) is 5.56 Å². The Morgan fingerprint density at radius 1 is 0.793 bits per heavy atom. The van der Waals surface area contributed by atoms with Crippen molar-refractivity contribution >= 4 is 16.6 Å². The molecule has 1 aliphatic heterocycles. The molecule has 142 valence electrons. The molecule has 3 nitrogen and oxygen atoms in total. The number of nitrogens with two attached hydrogens (primary N) is 1. The maximum Gasteiger partial charge on any atom is 0.127 e. The number of benzene rings is 4. The Morgan fingerprint density at radius 2 is 1.55 bits per heavy atom. The SMILES string of the molecule is C[C@H]1COc2ccc(-c3ccccc3)cc2-c2cccc3cccc(c23)C(N)=N1. The Balaban J connectivity index is 1.84. The Labute approximate surface area is 170 Å². The molecule has 2 N–H and O–H groups in total. The van der Waals surface area contributed by atoms with Crippen molar-refractivity contribution in [2.45, 2.75) is 13.0 Å². The van der Waals surface area contributed by atoms with Gasteiger partial charge in [0.1, 0.15) is 18.2 Å².